The van der Waals surface area contributed by atoms with Crippen LogP contribution in [0.3, 0.4) is 0 Å². The van der Waals surface area contributed by atoms with Gasteiger partial charge in [-0.1, -0.05) is 0 Å². The molecule has 0 saturated heterocycles. The Kier molecular flexibility index (Phi) is 6.10. The maximum absolute atomic E-state index is 12.9. The highest BCUT2D eigenvalue weighted by Crippen LogP contribution is 2.17. The summed E-state index contributed by atoms with van der Waals surface area (Å²) in [5.41, 5.74) is -0.0631. The van der Waals surface area contributed by atoms with E-state index >= 15 is 0 Å². The lowest BCUT2D eigenvalue weighted by atomic mass is 10.2. The highest BCUT2D eigenvalue weighted by molar-refractivity contribution is 5.96. The van der Waals surface area contributed by atoms with Gasteiger partial charge in [-0.25, -0.2) is 4.39 Å². The molecule has 18 heavy (non-hydrogen) atoms. The monoisotopic (exact) mass is 256 g/mol. The zero-order valence-corrected chi connectivity index (χ0v) is 10.2. The van der Waals surface area contributed by atoms with Crippen molar-refractivity contribution in [2.45, 2.75) is 0 Å². The Morgan fingerprint density at radius 1 is 1.39 bits per heavy atom. The summed E-state index contributed by atoms with van der Waals surface area (Å²) in [6.07, 6.45) is 0. The van der Waals surface area contributed by atoms with Gasteiger partial charge in [0.05, 0.1) is 12.2 Å². The Bertz CT molecular complexity index is 399. The first-order valence-electron chi connectivity index (χ1n) is 5.61. The van der Waals surface area contributed by atoms with Gasteiger partial charge >= 0.3 is 0 Å². The minimum atomic E-state index is -0.559. The number of benzene rings is 1. The van der Waals surface area contributed by atoms with Crippen molar-refractivity contribution in [3.8, 4) is 5.75 Å². The molecule has 0 radical (unpaired) electrons. The molecule has 100 valence electrons. The fourth-order valence-corrected chi connectivity index (χ4v) is 1.35. The molecular weight excluding hydrogens is 239 g/mol. The van der Waals surface area contributed by atoms with Gasteiger partial charge in [0.2, 0.25) is 0 Å². The molecule has 1 aromatic carbocycles. The van der Waals surface area contributed by atoms with Gasteiger partial charge in [0.1, 0.15) is 11.6 Å². The standard InChI is InChI=1S/C12H17FN2O3/c1-18-7-6-14-4-5-15-12(17)10-8-9(13)2-3-11(10)16/h2-3,8,14,16H,4-7H2,1H3,(H,15,17). The van der Waals surface area contributed by atoms with Crippen LogP contribution in [0.1, 0.15) is 10.4 Å². The molecule has 3 N–H and O–H groups in total. The topological polar surface area (TPSA) is 70.6 Å². The van der Waals surface area contributed by atoms with Crippen molar-refractivity contribution >= 4 is 5.91 Å². The predicted molar refractivity (Wildman–Crippen MR) is 65.1 cm³/mol. The van der Waals surface area contributed by atoms with Crippen LogP contribution in [0.5, 0.6) is 5.75 Å². The zero-order chi connectivity index (χ0) is 13.4. The molecule has 0 aliphatic heterocycles. The lowest BCUT2D eigenvalue weighted by Crippen LogP contribution is -2.33. The second kappa shape index (κ2) is 7.62. The highest BCUT2D eigenvalue weighted by Gasteiger charge is 2.11. The number of methoxy groups -OCH3 is 1. The van der Waals surface area contributed by atoms with Crippen molar-refractivity contribution < 1.29 is 19.0 Å². The molecule has 6 heteroatoms. The number of amides is 1. The number of hydrogen-bond donors (Lipinski definition) is 3. The lowest BCUT2D eigenvalue weighted by molar-refractivity contribution is 0.0950. The minimum absolute atomic E-state index is 0.0631. The number of phenols is 1. The molecule has 0 aliphatic carbocycles. The molecule has 0 saturated carbocycles. The van der Waals surface area contributed by atoms with Gasteiger partial charge in [0.15, 0.2) is 0 Å². The highest BCUT2D eigenvalue weighted by atomic mass is 19.1. The molecule has 0 aromatic heterocycles. The fourth-order valence-electron chi connectivity index (χ4n) is 1.35. The molecular formula is C12H17FN2O3. The third-order valence-corrected chi connectivity index (χ3v) is 2.27. The van der Waals surface area contributed by atoms with Gasteiger partial charge in [-0.15, -0.1) is 0 Å². The second-order valence-corrected chi connectivity index (χ2v) is 3.66. The number of halogens is 1. The summed E-state index contributed by atoms with van der Waals surface area (Å²) in [6.45, 7) is 2.25. The van der Waals surface area contributed by atoms with Crippen LogP contribution in [0.15, 0.2) is 18.2 Å². The molecule has 1 aromatic rings. The van der Waals surface area contributed by atoms with Crippen LogP contribution in [0.4, 0.5) is 4.39 Å². The van der Waals surface area contributed by atoms with Crippen molar-refractivity contribution in [3.63, 3.8) is 0 Å². The molecule has 0 bridgehead atoms. The van der Waals surface area contributed by atoms with E-state index in [1.807, 2.05) is 0 Å². The van der Waals surface area contributed by atoms with Crippen LogP contribution in [-0.2, 0) is 4.74 Å². The number of ether oxygens (including phenoxy) is 1. The number of carbonyl (C=O) groups excluding carboxylic acids is 1. The van der Waals surface area contributed by atoms with E-state index in [9.17, 15) is 14.3 Å². The maximum Gasteiger partial charge on any atom is 0.255 e. The Morgan fingerprint density at radius 2 is 2.17 bits per heavy atom. The third kappa shape index (κ3) is 4.68. The molecule has 0 unspecified atom stereocenters. The van der Waals surface area contributed by atoms with Gasteiger partial charge in [-0.3, -0.25) is 4.79 Å². The largest absolute Gasteiger partial charge is 0.507 e. The van der Waals surface area contributed by atoms with Crippen LogP contribution in [0, 0.1) is 5.82 Å². The van der Waals surface area contributed by atoms with Gasteiger partial charge in [0.25, 0.3) is 5.91 Å². The van der Waals surface area contributed by atoms with E-state index in [1.54, 1.807) is 7.11 Å². The molecule has 0 heterocycles. The van der Waals surface area contributed by atoms with E-state index in [4.69, 9.17) is 4.74 Å². The van der Waals surface area contributed by atoms with Crippen molar-refractivity contribution in [3.05, 3.63) is 29.6 Å². The van der Waals surface area contributed by atoms with Gasteiger partial charge in [-0.2, -0.15) is 0 Å². The van der Waals surface area contributed by atoms with Gasteiger partial charge in [0, 0.05) is 26.7 Å². The maximum atomic E-state index is 12.9. The van der Waals surface area contributed by atoms with Crippen LogP contribution in [0.2, 0.25) is 0 Å². The minimum Gasteiger partial charge on any atom is -0.507 e. The normalized spacial score (nSPS) is 10.3. The van der Waals surface area contributed by atoms with Crippen molar-refractivity contribution in [2.24, 2.45) is 0 Å². The fraction of sp³-hybridized carbons (Fsp3) is 0.417. The number of hydrogen-bond acceptors (Lipinski definition) is 4. The summed E-state index contributed by atoms with van der Waals surface area (Å²) >= 11 is 0. The summed E-state index contributed by atoms with van der Waals surface area (Å²) in [5, 5.41) is 15.0. The number of nitrogens with one attached hydrogen (secondary N) is 2. The summed E-state index contributed by atoms with van der Waals surface area (Å²) in [5.74, 6) is -1.29. The molecule has 1 rings (SSSR count). The van der Waals surface area contributed by atoms with E-state index in [0.29, 0.717) is 26.2 Å². The van der Waals surface area contributed by atoms with E-state index < -0.39 is 11.7 Å². The summed E-state index contributed by atoms with van der Waals surface area (Å²) in [6, 6.07) is 3.25. The Hall–Kier alpha value is -1.66. The SMILES string of the molecule is COCCNCCNC(=O)c1cc(F)ccc1O. The number of carbonyl (C=O) groups is 1. The van der Waals surface area contributed by atoms with Gasteiger partial charge in [-0.05, 0) is 18.2 Å². The van der Waals surface area contributed by atoms with Crippen molar-refractivity contribution in [2.75, 3.05) is 33.4 Å². The first-order valence-corrected chi connectivity index (χ1v) is 5.61. The molecule has 0 aliphatic rings. The van der Waals surface area contributed by atoms with Crippen LogP contribution >= 0.6 is 0 Å². The third-order valence-electron chi connectivity index (χ3n) is 2.27. The summed E-state index contributed by atoms with van der Waals surface area (Å²) in [7, 11) is 1.61. The first kappa shape index (κ1) is 14.4. The van der Waals surface area contributed by atoms with Crippen molar-refractivity contribution in [1.82, 2.24) is 10.6 Å². The van der Waals surface area contributed by atoms with Crippen molar-refractivity contribution in [1.29, 1.82) is 0 Å². The second-order valence-electron chi connectivity index (χ2n) is 3.66. The average molecular weight is 256 g/mol. The van der Waals surface area contributed by atoms with E-state index in [-0.39, 0.29) is 11.3 Å². The van der Waals surface area contributed by atoms with E-state index in [2.05, 4.69) is 10.6 Å². The summed E-state index contributed by atoms with van der Waals surface area (Å²) < 4.78 is 17.8. The number of rotatable bonds is 7. The Balaban J connectivity index is 2.34. The molecule has 1 amide bonds. The van der Waals surface area contributed by atoms with E-state index in [0.717, 1.165) is 18.2 Å². The summed E-state index contributed by atoms with van der Waals surface area (Å²) in [4.78, 5) is 11.6. The molecule has 0 spiro atoms. The van der Waals surface area contributed by atoms with Crippen LogP contribution < -0.4 is 10.6 Å². The average Bonchev–Trinajstić information content (AvgIpc) is 2.36. The number of aromatic hydroxyl groups is 1. The van der Waals surface area contributed by atoms with Crippen LogP contribution in [0.25, 0.3) is 0 Å². The zero-order valence-electron chi connectivity index (χ0n) is 10.2. The Labute approximate surface area is 105 Å². The lowest BCUT2D eigenvalue weighted by Gasteiger charge is -2.07. The molecule has 0 fully saturated rings. The molecule has 0 atom stereocenters. The predicted octanol–water partition coefficient (Wildman–Crippen LogP) is 0.497. The van der Waals surface area contributed by atoms with Crippen LogP contribution in [-0.4, -0.2) is 44.4 Å². The first-order chi connectivity index (χ1) is 8.65. The molecule has 5 nitrogen and oxygen atoms in total. The Morgan fingerprint density at radius 3 is 2.89 bits per heavy atom. The van der Waals surface area contributed by atoms with Gasteiger partial charge < -0.3 is 20.5 Å². The smallest absolute Gasteiger partial charge is 0.255 e. The number of phenolic OH excluding ortho intramolecular Hbond substituents is 1. The quantitative estimate of drug-likeness (QED) is 0.621. The van der Waals surface area contributed by atoms with E-state index in [1.165, 1.54) is 0 Å².